The Morgan fingerprint density at radius 2 is 2.06 bits per heavy atom. The molecule has 1 aromatic heterocycles. The first-order valence-electron chi connectivity index (χ1n) is 11.1. The molecule has 32 heavy (non-hydrogen) atoms. The second-order valence-electron chi connectivity index (χ2n) is 8.39. The molecule has 2 N–H and O–H groups in total. The molecular weight excluding hydrogens is 408 g/mol. The van der Waals surface area contributed by atoms with E-state index in [-0.39, 0.29) is 12.1 Å². The van der Waals surface area contributed by atoms with Gasteiger partial charge in [-0.2, -0.15) is 0 Å². The number of nitrogens with zero attached hydrogens (tertiary/aromatic N) is 4. The number of anilines is 2. The summed E-state index contributed by atoms with van der Waals surface area (Å²) in [5, 5.41) is 5.67. The standard InChI is InChI=1S/C23H32N6O3/c1-16-15-32-12-10-29(16)22-19-13-28(2)14-20(19)26-21(27-22)17-5-7-18(8-6-17)25-23(30)24-9-4-11-31-3/h5-8,16H,4,9-15H2,1-3H3,(H2,24,25,30)/t16-/m0/s1. The van der Waals surface area contributed by atoms with Gasteiger partial charge < -0.3 is 25.0 Å². The summed E-state index contributed by atoms with van der Waals surface area (Å²) in [7, 11) is 3.75. The van der Waals surface area contributed by atoms with Gasteiger partial charge in [-0.05, 0) is 44.7 Å². The van der Waals surface area contributed by atoms with E-state index in [2.05, 4.69) is 34.4 Å². The molecule has 0 aliphatic carbocycles. The maximum absolute atomic E-state index is 12.0. The predicted octanol–water partition coefficient (Wildman–Crippen LogP) is 2.47. The SMILES string of the molecule is COCCCNC(=O)Nc1ccc(-c2nc3c(c(N4CCOC[C@@H]4C)n2)CN(C)C3)cc1. The maximum Gasteiger partial charge on any atom is 0.319 e. The van der Waals surface area contributed by atoms with Crippen molar-refractivity contribution in [1.82, 2.24) is 20.2 Å². The highest BCUT2D eigenvalue weighted by molar-refractivity contribution is 5.89. The van der Waals surface area contributed by atoms with Gasteiger partial charge in [0, 0.05) is 56.7 Å². The largest absolute Gasteiger partial charge is 0.385 e. The molecule has 0 bridgehead atoms. The van der Waals surface area contributed by atoms with Crippen molar-refractivity contribution in [2.24, 2.45) is 0 Å². The van der Waals surface area contributed by atoms with Crippen molar-refractivity contribution in [2.75, 3.05) is 57.3 Å². The van der Waals surface area contributed by atoms with Crippen molar-refractivity contribution < 1.29 is 14.3 Å². The number of aromatic nitrogens is 2. The number of methoxy groups -OCH3 is 1. The van der Waals surface area contributed by atoms with Gasteiger partial charge in [0.15, 0.2) is 5.82 Å². The fourth-order valence-corrected chi connectivity index (χ4v) is 4.10. The molecule has 2 aliphatic heterocycles. The number of hydrogen-bond donors (Lipinski definition) is 2. The van der Waals surface area contributed by atoms with Crippen LogP contribution in [-0.4, -0.2) is 74.0 Å². The zero-order valence-corrected chi connectivity index (χ0v) is 19.1. The number of carbonyl (C=O) groups is 1. The summed E-state index contributed by atoms with van der Waals surface area (Å²) in [5.74, 6) is 1.73. The van der Waals surface area contributed by atoms with E-state index < -0.39 is 0 Å². The van der Waals surface area contributed by atoms with Gasteiger partial charge in [0.25, 0.3) is 0 Å². The summed E-state index contributed by atoms with van der Waals surface area (Å²) in [6, 6.07) is 7.71. The van der Waals surface area contributed by atoms with Crippen LogP contribution in [0.2, 0.25) is 0 Å². The first-order valence-corrected chi connectivity index (χ1v) is 11.1. The summed E-state index contributed by atoms with van der Waals surface area (Å²) in [6.45, 7) is 7.29. The van der Waals surface area contributed by atoms with Gasteiger partial charge in [-0.15, -0.1) is 0 Å². The molecule has 4 rings (SSSR count). The summed E-state index contributed by atoms with van der Waals surface area (Å²) < 4.78 is 10.6. The molecule has 0 radical (unpaired) electrons. The van der Waals surface area contributed by atoms with Crippen LogP contribution in [0.25, 0.3) is 11.4 Å². The van der Waals surface area contributed by atoms with E-state index in [0.29, 0.717) is 32.2 Å². The van der Waals surface area contributed by atoms with Crippen LogP contribution >= 0.6 is 0 Å². The fraction of sp³-hybridized carbons (Fsp3) is 0.522. The number of hydrogen-bond acceptors (Lipinski definition) is 7. The molecule has 3 heterocycles. The Kier molecular flexibility index (Phi) is 7.19. The predicted molar refractivity (Wildman–Crippen MR) is 124 cm³/mol. The number of morpholine rings is 1. The highest BCUT2D eigenvalue weighted by Gasteiger charge is 2.29. The van der Waals surface area contributed by atoms with Crippen molar-refractivity contribution in [2.45, 2.75) is 32.5 Å². The monoisotopic (exact) mass is 440 g/mol. The van der Waals surface area contributed by atoms with Crippen LogP contribution in [0.5, 0.6) is 0 Å². The molecule has 1 aromatic carbocycles. The molecule has 1 saturated heterocycles. The number of fused-ring (bicyclic) bond motifs is 1. The van der Waals surface area contributed by atoms with Crippen LogP contribution < -0.4 is 15.5 Å². The third-order valence-electron chi connectivity index (χ3n) is 5.77. The van der Waals surface area contributed by atoms with Gasteiger partial charge in [-0.3, -0.25) is 4.90 Å². The average Bonchev–Trinajstić information content (AvgIpc) is 3.17. The quantitative estimate of drug-likeness (QED) is 0.639. The molecule has 1 atom stereocenters. The molecule has 172 valence electrons. The molecule has 2 aromatic rings. The average molecular weight is 441 g/mol. The molecule has 9 nitrogen and oxygen atoms in total. The van der Waals surface area contributed by atoms with Crippen LogP contribution in [0, 0.1) is 0 Å². The maximum atomic E-state index is 12.0. The Morgan fingerprint density at radius 1 is 1.25 bits per heavy atom. The third kappa shape index (κ3) is 5.17. The van der Waals surface area contributed by atoms with Gasteiger partial charge in [0.05, 0.1) is 24.9 Å². The normalized spacial score (nSPS) is 18.5. The van der Waals surface area contributed by atoms with Gasteiger partial charge >= 0.3 is 6.03 Å². The van der Waals surface area contributed by atoms with Crippen LogP contribution in [-0.2, 0) is 22.6 Å². The van der Waals surface area contributed by atoms with Gasteiger partial charge in [0.1, 0.15) is 5.82 Å². The molecule has 0 unspecified atom stereocenters. The molecule has 2 amide bonds. The number of urea groups is 1. The van der Waals surface area contributed by atoms with Crippen molar-refractivity contribution in [3.05, 3.63) is 35.5 Å². The first kappa shape index (κ1) is 22.4. The lowest BCUT2D eigenvalue weighted by Gasteiger charge is -2.35. The van der Waals surface area contributed by atoms with Crippen LogP contribution in [0.4, 0.5) is 16.3 Å². The number of nitrogens with one attached hydrogen (secondary N) is 2. The number of benzene rings is 1. The lowest BCUT2D eigenvalue weighted by Crippen LogP contribution is -2.44. The van der Waals surface area contributed by atoms with E-state index in [4.69, 9.17) is 19.4 Å². The van der Waals surface area contributed by atoms with Crippen molar-refractivity contribution >= 4 is 17.5 Å². The summed E-state index contributed by atoms with van der Waals surface area (Å²) >= 11 is 0. The Hall–Kier alpha value is -2.75. The minimum absolute atomic E-state index is 0.228. The zero-order valence-electron chi connectivity index (χ0n) is 19.1. The first-order chi connectivity index (χ1) is 15.5. The Balaban J connectivity index is 1.51. The van der Waals surface area contributed by atoms with E-state index in [0.717, 1.165) is 48.8 Å². The lowest BCUT2D eigenvalue weighted by atomic mass is 10.1. The third-order valence-corrected chi connectivity index (χ3v) is 5.77. The van der Waals surface area contributed by atoms with Crippen LogP contribution in [0.1, 0.15) is 24.6 Å². The smallest absolute Gasteiger partial charge is 0.319 e. The Morgan fingerprint density at radius 3 is 2.81 bits per heavy atom. The topological polar surface area (TPSA) is 91.8 Å². The number of ether oxygens (including phenoxy) is 2. The van der Waals surface area contributed by atoms with E-state index >= 15 is 0 Å². The summed E-state index contributed by atoms with van der Waals surface area (Å²) in [6.07, 6.45) is 0.776. The number of amides is 2. The van der Waals surface area contributed by atoms with E-state index in [9.17, 15) is 4.79 Å². The van der Waals surface area contributed by atoms with Crippen molar-refractivity contribution in [3.8, 4) is 11.4 Å². The van der Waals surface area contributed by atoms with Gasteiger partial charge in [0.2, 0.25) is 0 Å². The second kappa shape index (κ2) is 10.2. The van der Waals surface area contributed by atoms with Crippen molar-refractivity contribution in [3.63, 3.8) is 0 Å². The number of carbonyl (C=O) groups excluding carboxylic acids is 1. The Bertz CT molecular complexity index is 936. The Labute approximate surface area is 189 Å². The minimum Gasteiger partial charge on any atom is -0.385 e. The summed E-state index contributed by atoms with van der Waals surface area (Å²) in [4.78, 5) is 26.5. The highest BCUT2D eigenvalue weighted by atomic mass is 16.5. The molecule has 9 heteroatoms. The molecular formula is C23H32N6O3. The highest BCUT2D eigenvalue weighted by Crippen LogP contribution is 2.33. The van der Waals surface area contributed by atoms with Crippen LogP contribution in [0.3, 0.4) is 0 Å². The van der Waals surface area contributed by atoms with Crippen molar-refractivity contribution in [1.29, 1.82) is 0 Å². The van der Waals surface area contributed by atoms with Crippen LogP contribution in [0.15, 0.2) is 24.3 Å². The fourth-order valence-electron chi connectivity index (χ4n) is 4.10. The molecule has 2 aliphatic rings. The molecule has 0 spiro atoms. The minimum atomic E-state index is -0.228. The van der Waals surface area contributed by atoms with E-state index in [1.165, 1.54) is 5.56 Å². The number of rotatable bonds is 7. The molecule has 1 fully saturated rings. The van der Waals surface area contributed by atoms with E-state index in [1.807, 2.05) is 24.3 Å². The van der Waals surface area contributed by atoms with Gasteiger partial charge in [-0.1, -0.05) is 0 Å². The second-order valence-corrected chi connectivity index (χ2v) is 8.39. The molecule has 0 saturated carbocycles. The lowest BCUT2D eigenvalue weighted by molar-refractivity contribution is 0.0984. The zero-order chi connectivity index (χ0) is 22.5. The summed E-state index contributed by atoms with van der Waals surface area (Å²) in [5.41, 5.74) is 3.95. The van der Waals surface area contributed by atoms with Gasteiger partial charge in [-0.25, -0.2) is 14.8 Å². The van der Waals surface area contributed by atoms with E-state index in [1.54, 1.807) is 7.11 Å².